The maximum atomic E-state index is 12.9. The first-order valence-corrected chi connectivity index (χ1v) is 6.10. The Hall–Kier alpha value is -0.520. The van der Waals surface area contributed by atoms with Crippen molar-refractivity contribution in [1.82, 2.24) is 4.90 Å². The average molecular weight is 305 g/mol. The molecule has 88 valence electrons. The molecule has 0 atom stereocenters. The molecule has 0 aliphatic rings. The minimum absolute atomic E-state index is 0.235. The number of halogens is 2. The second kappa shape index (κ2) is 6.27. The zero-order valence-electron chi connectivity index (χ0n) is 9.04. The summed E-state index contributed by atoms with van der Waals surface area (Å²) >= 11 is 8.15. The number of hydrogen-bond acceptors (Lipinski definition) is 2. The zero-order chi connectivity index (χ0) is 12.1. The molecule has 0 saturated heterocycles. The Kier molecular flexibility index (Phi) is 5.31. The molecule has 0 bridgehead atoms. The molecular formula is C11H14BrFN2S. The third-order valence-electron chi connectivity index (χ3n) is 2.20. The van der Waals surface area contributed by atoms with Crippen LogP contribution in [0.4, 0.5) is 4.39 Å². The van der Waals surface area contributed by atoms with Gasteiger partial charge < -0.3 is 10.6 Å². The molecule has 5 heteroatoms. The highest BCUT2D eigenvalue weighted by atomic mass is 79.9. The molecule has 0 aliphatic carbocycles. The highest BCUT2D eigenvalue weighted by Crippen LogP contribution is 2.19. The molecule has 1 rings (SSSR count). The van der Waals surface area contributed by atoms with Gasteiger partial charge in [-0.1, -0.05) is 34.2 Å². The van der Waals surface area contributed by atoms with Crippen LogP contribution in [-0.4, -0.2) is 23.5 Å². The first kappa shape index (κ1) is 13.5. The Labute approximate surface area is 109 Å². The first-order valence-electron chi connectivity index (χ1n) is 4.90. The lowest BCUT2D eigenvalue weighted by Crippen LogP contribution is -2.23. The minimum atomic E-state index is -0.235. The van der Waals surface area contributed by atoms with Gasteiger partial charge in [-0.2, -0.15) is 0 Å². The molecule has 16 heavy (non-hydrogen) atoms. The number of hydrogen-bond donors (Lipinski definition) is 1. The smallest absolute Gasteiger partial charge is 0.124 e. The predicted molar refractivity (Wildman–Crippen MR) is 71.8 cm³/mol. The van der Waals surface area contributed by atoms with Crippen molar-refractivity contribution >= 4 is 33.1 Å². The van der Waals surface area contributed by atoms with Crippen molar-refractivity contribution in [1.29, 1.82) is 0 Å². The van der Waals surface area contributed by atoms with Crippen molar-refractivity contribution in [2.24, 2.45) is 5.73 Å². The SMILES string of the molecule is CN(CCC(N)=S)Cc1ccc(F)cc1Br. The Morgan fingerprint density at radius 2 is 2.25 bits per heavy atom. The molecule has 0 spiro atoms. The second-order valence-electron chi connectivity index (χ2n) is 3.69. The van der Waals surface area contributed by atoms with Gasteiger partial charge in [-0.15, -0.1) is 0 Å². The van der Waals surface area contributed by atoms with Crippen LogP contribution < -0.4 is 5.73 Å². The summed E-state index contributed by atoms with van der Waals surface area (Å²) in [5.41, 5.74) is 6.48. The first-order chi connectivity index (χ1) is 7.49. The number of benzene rings is 1. The van der Waals surface area contributed by atoms with Gasteiger partial charge in [-0.3, -0.25) is 0 Å². The molecule has 2 N–H and O–H groups in total. The van der Waals surface area contributed by atoms with E-state index < -0.39 is 0 Å². The summed E-state index contributed by atoms with van der Waals surface area (Å²) in [5.74, 6) is -0.235. The lowest BCUT2D eigenvalue weighted by molar-refractivity contribution is 0.336. The summed E-state index contributed by atoms with van der Waals surface area (Å²) in [5, 5.41) is 0. The Morgan fingerprint density at radius 1 is 1.56 bits per heavy atom. The molecule has 0 unspecified atom stereocenters. The van der Waals surface area contributed by atoms with Gasteiger partial charge in [0.05, 0.1) is 4.99 Å². The van der Waals surface area contributed by atoms with E-state index in [0.29, 0.717) is 11.4 Å². The number of thiocarbonyl (C=S) groups is 1. The maximum absolute atomic E-state index is 12.9. The van der Waals surface area contributed by atoms with Crippen LogP contribution in [0.2, 0.25) is 0 Å². The van der Waals surface area contributed by atoms with Crippen molar-refractivity contribution in [3.05, 3.63) is 34.1 Å². The van der Waals surface area contributed by atoms with Crippen molar-refractivity contribution < 1.29 is 4.39 Å². The van der Waals surface area contributed by atoms with E-state index in [-0.39, 0.29) is 5.82 Å². The van der Waals surface area contributed by atoms with E-state index >= 15 is 0 Å². The van der Waals surface area contributed by atoms with Crippen molar-refractivity contribution in [2.45, 2.75) is 13.0 Å². The number of rotatable bonds is 5. The van der Waals surface area contributed by atoms with E-state index in [4.69, 9.17) is 18.0 Å². The predicted octanol–water partition coefficient (Wildman–Crippen LogP) is 2.70. The Balaban J connectivity index is 2.55. The normalized spacial score (nSPS) is 10.8. The highest BCUT2D eigenvalue weighted by Gasteiger charge is 2.05. The molecule has 0 aromatic heterocycles. The van der Waals surface area contributed by atoms with Crippen LogP contribution in [-0.2, 0) is 6.54 Å². The van der Waals surface area contributed by atoms with Crippen molar-refractivity contribution in [3.63, 3.8) is 0 Å². The molecule has 0 aliphatic heterocycles. The molecule has 0 heterocycles. The zero-order valence-corrected chi connectivity index (χ0v) is 11.4. The monoisotopic (exact) mass is 304 g/mol. The summed E-state index contributed by atoms with van der Waals surface area (Å²) in [4.78, 5) is 2.61. The Morgan fingerprint density at radius 3 is 2.81 bits per heavy atom. The lowest BCUT2D eigenvalue weighted by atomic mass is 10.2. The topological polar surface area (TPSA) is 29.3 Å². The second-order valence-corrected chi connectivity index (χ2v) is 5.07. The molecule has 0 saturated carbocycles. The third kappa shape index (κ3) is 4.55. The summed E-state index contributed by atoms with van der Waals surface area (Å²) in [6.45, 7) is 1.54. The van der Waals surface area contributed by atoms with Crippen molar-refractivity contribution in [2.75, 3.05) is 13.6 Å². The van der Waals surface area contributed by atoms with Gasteiger partial charge >= 0.3 is 0 Å². The van der Waals surface area contributed by atoms with Gasteiger partial charge in [0.15, 0.2) is 0 Å². The van der Waals surface area contributed by atoms with E-state index in [1.165, 1.54) is 12.1 Å². The van der Waals surface area contributed by atoms with Crippen LogP contribution >= 0.6 is 28.1 Å². The van der Waals surface area contributed by atoms with Gasteiger partial charge in [0.2, 0.25) is 0 Å². The quantitative estimate of drug-likeness (QED) is 0.848. The van der Waals surface area contributed by atoms with E-state index in [2.05, 4.69) is 20.8 Å². The van der Waals surface area contributed by atoms with E-state index in [0.717, 1.165) is 23.1 Å². The van der Waals surface area contributed by atoms with Gasteiger partial charge in [0.25, 0.3) is 0 Å². The van der Waals surface area contributed by atoms with Crippen molar-refractivity contribution in [3.8, 4) is 0 Å². The van der Waals surface area contributed by atoms with Gasteiger partial charge in [0.1, 0.15) is 5.82 Å². The van der Waals surface area contributed by atoms with Crippen LogP contribution in [0.15, 0.2) is 22.7 Å². The fraction of sp³-hybridized carbons (Fsp3) is 0.364. The van der Waals surface area contributed by atoms with Gasteiger partial charge in [0, 0.05) is 24.0 Å². The van der Waals surface area contributed by atoms with E-state index in [9.17, 15) is 4.39 Å². The molecule has 0 amide bonds. The number of nitrogens with two attached hydrogens (primary N) is 1. The summed E-state index contributed by atoms with van der Waals surface area (Å²) in [7, 11) is 1.98. The summed E-state index contributed by atoms with van der Waals surface area (Å²) in [6.07, 6.45) is 0.699. The molecule has 2 nitrogen and oxygen atoms in total. The van der Waals surface area contributed by atoms with E-state index in [1.807, 2.05) is 7.05 Å². The Bertz CT molecular complexity index is 384. The van der Waals surface area contributed by atoms with Crippen LogP contribution in [0.1, 0.15) is 12.0 Å². The fourth-order valence-corrected chi connectivity index (χ4v) is 1.89. The fourth-order valence-electron chi connectivity index (χ4n) is 1.32. The van der Waals surface area contributed by atoms with Gasteiger partial charge in [-0.05, 0) is 24.7 Å². The molecule has 0 fully saturated rings. The highest BCUT2D eigenvalue weighted by molar-refractivity contribution is 9.10. The van der Waals surface area contributed by atoms with Crippen LogP contribution in [0.25, 0.3) is 0 Å². The molecule has 1 aromatic rings. The standard InChI is InChI=1S/C11H14BrFN2S/c1-15(5-4-11(14)16)7-8-2-3-9(13)6-10(8)12/h2-3,6H,4-5,7H2,1H3,(H2,14,16). The maximum Gasteiger partial charge on any atom is 0.124 e. The molecule has 1 aromatic carbocycles. The lowest BCUT2D eigenvalue weighted by Gasteiger charge is -2.17. The molecular weight excluding hydrogens is 291 g/mol. The minimum Gasteiger partial charge on any atom is -0.393 e. The van der Waals surface area contributed by atoms with Crippen LogP contribution in [0.5, 0.6) is 0 Å². The largest absolute Gasteiger partial charge is 0.393 e. The van der Waals surface area contributed by atoms with Crippen LogP contribution in [0, 0.1) is 5.82 Å². The molecule has 0 radical (unpaired) electrons. The summed E-state index contributed by atoms with van der Waals surface area (Å²) in [6, 6.07) is 4.70. The summed E-state index contributed by atoms with van der Waals surface area (Å²) < 4.78 is 13.6. The van der Waals surface area contributed by atoms with E-state index in [1.54, 1.807) is 6.07 Å². The van der Waals surface area contributed by atoms with Crippen LogP contribution in [0.3, 0.4) is 0 Å². The number of nitrogens with zero attached hydrogens (tertiary/aromatic N) is 1. The average Bonchev–Trinajstić information content (AvgIpc) is 2.19. The third-order valence-corrected chi connectivity index (χ3v) is 3.14. The van der Waals surface area contributed by atoms with Gasteiger partial charge in [-0.25, -0.2) is 4.39 Å².